The van der Waals surface area contributed by atoms with Gasteiger partial charge < -0.3 is 4.90 Å². The molecule has 17 heavy (non-hydrogen) atoms. The predicted octanol–water partition coefficient (Wildman–Crippen LogP) is 2.17. The molecule has 0 heterocycles. The molecule has 0 saturated heterocycles. The molecule has 3 nitrogen and oxygen atoms in total. The molecule has 0 unspecified atom stereocenters. The highest BCUT2D eigenvalue weighted by Crippen LogP contribution is 2.07. The maximum atomic E-state index is 11.8. The standard InChI is InChI=1S/C14H14NO2/c1-3-9-15(2)14(17)13(11-16)10-12-7-5-4-6-8-12/h3-10H,1-2H3. The van der Waals surface area contributed by atoms with Gasteiger partial charge in [0.25, 0.3) is 5.91 Å². The van der Waals surface area contributed by atoms with Gasteiger partial charge in [0.1, 0.15) is 0 Å². The molecule has 1 rings (SSSR count). The fourth-order valence-corrected chi connectivity index (χ4v) is 1.33. The average Bonchev–Trinajstić information content (AvgIpc) is 2.36. The molecule has 1 aromatic carbocycles. The van der Waals surface area contributed by atoms with Gasteiger partial charge in [0.15, 0.2) is 0 Å². The number of carbonyl (C=O) groups is 1. The summed E-state index contributed by atoms with van der Waals surface area (Å²) in [6.45, 7) is 1.80. The van der Waals surface area contributed by atoms with Crippen molar-refractivity contribution >= 4 is 18.3 Å². The monoisotopic (exact) mass is 228 g/mol. The van der Waals surface area contributed by atoms with Crippen LogP contribution in [0.3, 0.4) is 0 Å². The molecule has 1 aromatic rings. The molecule has 1 radical (unpaired) electrons. The van der Waals surface area contributed by atoms with Crippen LogP contribution in [0.2, 0.25) is 0 Å². The van der Waals surface area contributed by atoms with Crippen molar-refractivity contribution in [2.75, 3.05) is 7.05 Å². The molecule has 0 fully saturated rings. The topological polar surface area (TPSA) is 37.4 Å². The number of nitrogens with zero attached hydrogens (tertiary/aromatic N) is 1. The van der Waals surface area contributed by atoms with E-state index in [0.717, 1.165) is 5.56 Å². The van der Waals surface area contributed by atoms with Gasteiger partial charge in [-0.1, -0.05) is 36.4 Å². The molecule has 87 valence electrons. The van der Waals surface area contributed by atoms with Crippen molar-refractivity contribution in [3.05, 3.63) is 53.7 Å². The average molecular weight is 228 g/mol. The van der Waals surface area contributed by atoms with Crippen LogP contribution in [0.5, 0.6) is 0 Å². The van der Waals surface area contributed by atoms with Gasteiger partial charge in [-0.25, -0.2) is 0 Å². The fourth-order valence-electron chi connectivity index (χ4n) is 1.33. The van der Waals surface area contributed by atoms with Crippen LogP contribution < -0.4 is 0 Å². The minimum absolute atomic E-state index is 0.0109. The summed E-state index contributed by atoms with van der Waals surface area (Å²) in [5, 5.41) is 0. The van der Waals surface area contributed by atoms with Gasteiger partial charge in [-0.3, -0.25) is 9.59 Å². The van der Waals surface area contributed by atoms with Gasteiger partial charge in [0.05, 0.1) is 5.57 Å². The van der Waals surface area contributed by atoms with Gasteiger partial charge in [0, 0.05) is 13.2 Å². The molecule has 1 amide bonds. The molecule has 0 saturated carbocycles. The zero-order valence-corrected chi connectivity index (χ0v) is 9.88. The highest BCUT2D eigenvalue weighted by molar-refractivity contribution is 6.14. The molecule has 0 aliphatic carbocycles. The van der Waals surface area contributed by atoms with E-state index >= 15 is 0 Å². The SMILES string of the molecule is CC=CN(C)C(=O)C([C]=O)=Cc1ccccc1. The van der Waals surface area contributed by atoms with E-state index < -0.39 is 0 Å². The number of hydrogen-bond donors (Lipinski definition) is 0. The lowest BCUT2D eigenvalue weighted by atomic mass is 10.1. The highest BCUT2D eigenvalue weighted by Gasteiger charge is 2.12. The fraction of sp³-hybridized carbons (Fsp3) is 0.143. The third kappa shape index (κ3) is 3.72. The van der Waals surface area contributed by atoms with Crippen molar-refractivity contribution in [3.63, 3.8) is 0 Å². The lowest BCUT2D eigenvalue weighted by molar-refractivity contribution is -0.123. The summed E-state index contributed by atoms with van der Waals surface area (Å²) in [5.74, 6) is -0.373. The molecule has 0 spiro atoms. The van der Waals surface area contributed by atoms with Crippen molar-refractivity contribution in [2.45, 2.75) is 6.92 Å². The summed E-state index contributed by atoms with van der Waals surface area (Å²) < 4.78 is 0. The summed E-state index contributed by atoms with van der Waals surface area (Å²) in [6.07, 6.45) is 6.52. The van der Waals surface area contributed by atoms with Gasteiger partial charge in [0.2, 0.25) is 6.29 Å². The van der Waals surface area contributed by atoms with E-state index in [1.165, 1.54) is 11.0 Å². The third-order valence-electron chi connectivity index (χ3n) is 2.14. The molecule has 0 aromatic heterocycles. The van der Waals surface area contributed by atoms with Crippen LogP contribution in [-0.2, 0) is 9.59 Å². The quantitative estimate of drug-likeness (QED) is 0.450. The predicted molar refractivity (Wildman–Crippen MR) is 67.7 cm³/mol. The number of benzene rings is 1. The summed E-state index contributed by atoms with van der Waals surface area (Å²) >= 11 is 0. The Balaban J connectivity index is 2.96. The molecule has 0 bridgehead atoms. The van der Waals surface area contributed by atoms with Crippen molar-refractivity contribution < 1.29 is 9.59 Å². The van der Waals surface area contributed by atoms with Crippen LogP contribution in [0, 0.1) is 0 Å². The first-order valence-electron chi connectivity index (χ1n) is 5.24. The Kier molecular flexibility index (Phi) is 4.88. The van der Waals surface area contributed by atoms with Crippen molar-refractivity contribution in [2.24, 2.45) is 0 Å². The van der Waals surface area contributed by atoms with E-state index in [9.17, 15) is 9.59 Å². The van der Waals surface area contributed by atoms with Crippen molar-refractivity contribution in [1.82, 2.24) is 4.90 Å². The molecule has 0 aliphatic heterocycles. The number of rotatable bonds is 4. The zero-order valence-electron chi connectivity index (χ0n) is 9.88. The zero-order chi connectivity index (χ0) is 12.7. The molecule has 3 heteroatoms. The van der Waals surface area contributed by atoms with Crippen LogP contribution in [0.4, 0.5) is 0 Å². The van der Waals surface area contributed by atoms with E-state index in [1.54, 1.807) is 32.5 Å². The Morgan fingerprint density at radius 2 is 1.94 bits per heavy atom. The Bertz CT molecular complexity index is 447. The van der Waals surface area contributed by atoms with Crippen LogP contribution in [-0.4, -0.2) is 24.1 Å². The Labute approximate surface area is 101 Å². The second kappa shape index (κ2) is 6.43. The lowest BCUT2D eigenvalue weighted by Gasteiger charge is -2.10. The van der Waals surface area contributed by atoms with Crippen LogP contribution in [0.1, 0.15) is 12.5 Å². The molecular formula is C14H14NO2. The third-order valence-corrected chi connectivity index (χ3v) is 2.14. The number of amides is 1. The van der Waals surface area contributed by atoms with E-state index in [-0.39, 0.29) is 11.5 Å². The minimum atomic E-state index is -0.373. The second-order valence-electron chi connectivity index (χ2n) is 3.47. The Hall–Kier alpha value is -2.16. The summed E-state index contributed by atoms with van der Waals surface area (Å²) in [4.78, 5) is 24.0. The molecular weight excluding hydrogens is 214 g/mol. The first-order chi connectivity index (χ1) is 8.19. The summed E-state index contributed by atoms with van der Waals surface area (Å²) in [5.41, 5.74) is 0.810. The second-order valence-corrected chi connectivity index (χ2v) is 3.47. The maximum absolute atomic E-state index is 11.8. The van der Waals surface area contributed by atoms with Crippen LogP contribution in [0.15, 0.2) is 48.2 Å². The number of carbonyl (C=O) groups excluding carboxylic acids is 2. The van der Waals surface area contributed by atoms with E-state index in [0.29, 0.717) is 0 Å². The van der Waals surface area contributed by atoms with Crippen molar-refractivity contribution in [3.8, 4) is 0 Å². The molecule has 0 atom stereocenters. The van der Waals surface area contributed by atoms with Crippen molar-refractivity contribution in [1.29, 1.82) is 0 Å². The number of likely N-dealkylation sites (N-methyl/N-ethyl adjacent to an activating group) is 1. The lowest BCUT2D eigenvalue weighted by Crippen LogP contribution is -2.23. The Morgan fingerprint density at radius 1 is 1.29 bits per heavy atom. The molecule has 0 aliphatic rings. The minimum Gasteiger partial charge on any atom is -0.318 e. The summed E-state index contributed by atoms with van der Waals surface area (Å²) in [6, 6.07) is 9.19. The van der Waals surface area contributed by atoms with E-state index in [4.69, 9.17) is 0 Å². The number of hydrogen-bond acceptors (Lipinski definition) is 2. The van der Waals surface area contributed by atoms with Gasteiger partial charge in [-0.2, -0.15) is 0 Å². The summed E-state index contributed by atoms with van der Waals surface area (Å²) in [7, 11) is 1.60. The normalized spacial score (nSPS) is 11.5. The van der Waals surface area contributed by atoms with E-state index in [1.807, 2.05) is 30.3 Å². The van der Waals surface area contributed by atoms with E-state index in [2.05, 4.69) is 0 Å². The largest absolute Gasteiger partial charge is 0.318 e. The first-order valence-corrected chi connectivity index (χ1v) is 5.24. The number of allylic oxidation sites excluding steroid dienone is 1. The van der Waals surface area contributed by atoms with Crippen LogP contribution in [0.25, 0.3) is 6.08 Å². The highest BCUT2D eigenvalue weighted by atomic mass is 16.2. The van der Waals surface area contributed by atoms with Gasteiger partial charge in [-0.05, 0) is 18.6 Å². The van der Waals surface area contributed by atoms with Gasteiger partial charge in [-0.15, -0.1) is 0 Å². The smallest absolute Gasteiger partial charge is 0.261 e. The van der Waals surface area contributed by atoms with Crippen LogP contribution >= 0.6 is 0 Å². The first kappa shape index (κ1) is 12.9. The Morgan fingerprint density at radius 3 is 2.47 bits per heavy atom. The maximum Gasteiger partial charge on any atom is 0.261 e. The van der Waals surface area contributed by atoms with Gasteiger partial charge >= 0.3 is 0 Å². The molecule has 0 N–H and O–H groups in total.